The third-order valence-corrected chi connectivity index (χ3v) is 5.55. The van der Waals surface area contributed by atoms with Crippen LogP contribution in [0.2, 0.25) is 10.0 Å². The van der Waals surface area contributed by atoms with Gasteiger partial charge in [-0.2, -0.15) is 0 Å². The zero-order chi connectivity index (χ0) is 24.2. The van der Waals surface area contributed by atoms with E-state index >= 15 is 0 Å². The lowest BCUT2D eigenvalue weighted by Gasteiger charge is -2.18. The molecule has 0 bridgehead atoms. The zero-order valence-corrected chi connectivity index (χ0v) is 18.7. The lowest BCUT2D eigenvalue weighted by molar-refractivity contribution is -0.274. The largest absolute Gasteiger partial charge is 0.573 e. The number of rotatable bonds is 7. The van der Waals surface area contributed by atoms with E-state index in [0.717, 1.165) is 30.3 Å². The molecule has 1 heterocycles. The van der Waals surface area contributed by atoms with Crippen LogP contribution >= 0.6 is 23.2 Å². The van der Waals surface area contributed by atoms with E-state index < -0.39 is 23.9 Å². The molecule has 178 valence electrons. The molecule has 4 N–H and O–H groups in total. The molecule has 2 aromatic rings. The van der Waals surface area contributed by atoms with E-state index in [1.54, 1.807) is 12.1 Å². The van der Waals surface area contributed by atoms with Crippen molar-refractivity contribution >= 4 is 40.7 Å². The summed E-state index contributed by atoms with van der Waals surface area (Å²) in [5.41, 5.74) is 6.32. The van der Waals surface area contributed by atoms with Crippen molar-refractivity contribution in [2.45, 2.75) is 25.4 Å². The quantitative estimate of drug-likeness (QED) is 0.500. The molecule has 1 aliphatic rings. The first-order valence-corrected chi connectivity index (χ1v) is 10.6. The minimum atomic E-state index is -4.90. The molecule has 2 amide bonds. The number of hydrogen-bond donors (Lipinski definition) is 3. The van der Waals surface area contributed by atoms with Crippen molar-refractivity contribution < 1.29 is 27.5 Å². The molecule has 1 unspecified atom stereocenters. The molecular formula is C21H21Cl2F3N4O3. The average molecular weight is 505 g/mol. The first-order valence-electron chi connectivity index (χ1n) is 9.89. The van der Waals surface area contributed by atoms with Crippen LogP contribution in [-0.2, 0) is 11.3 Å². The van der Waals surface area contributed by atoms with Gasteiger partial charge in [0.25, 0.3) is 5.91 Å². The normalized spacial score (nSPS) is 16.5. The molecule has 0 aliphatic carbocycles. The molecule has 1 atom stereocenters. The summed E-state index contributed by atoms with van der Waals surface area (Å²) < 4.78 is 40.9. The number of anilines is 1. The van der Waals surface area contributed by atoms with E-state index in [2.05, 4.69) is 20.3 Å². The Morgan fingerprint density at radius 3 is 2.64 bits per heavy atom. The third-order valence-electron chi connectivity index (χ3n) is 4.96. The molecule has 1 saturated heterocycles. The highest BCUT2D eigenvalue weighted by atomic mass is 35.5. The summed E-state index contributed by atoms with van der Waals surface area (Å²) in [7, 11) is 0. The van der Waals surface area contributed by atoms with Crippen molar-refractivity contribution in [3.63, 3.8) is 0 Å². The van der Waals surface area contributed by atoms with Gasteiger partial charge in [0.1, 0.15) is 5.75 Å². The Kier molecular flexibility index (Phi) is 7.93. The minimum absolute atomic E-state index is 0.0465. The van der Waals surface area contributed by atoms with Crippen molar-refractivity contribution in [3.8, 4) is 5.75 Å². The molecule has 0 saturated carbocycles. The standard InChI is InChI=1S/C21H21Cl2F3N4O3/c22-13-2-1-12(17(23)7-13)10-30-6-5-14(11-30)29-19(31)9-28-20(32)16-8-15(3-4-18(16)27)33-21(24,25)26/h1-4,7-8,14H,5-6,9-11,27H2,(H,28,32)(H,29,31). The number of ether oxygens (including phenoxy) is 1. The van der Waals surface area contributed by atoms with Gasteiger partial charge in [0.15, 0.2) is 0 Å². The Bertz CT molecular complexity index is 1040. The van der Waals surface area contributed by atoms with Gasteiger partial charge in [-0.3, -0.25) is 14.5 Å². The number of nitrogens with one attached hydrogen (secondary N) is 2. The molecule has 0 aromatic heterocycles. The molecule has 1 aliphatic heterocycles. The number of benzene rings is 2. The molecule has 3 rings (SSSR count). The monoisotopic (exact) mass is 504 g/mol. The van der Waals surface area contributed by atoms with Crippen LogP contribution in [0.4, 0.5) is 18.9 Å². The summed E-state index contributed by atoms with van der Waals surface area (Å²) in [5.74, 6) is -1.81. The summed E-state index contributed by atoms with van der Waals surface area (Å²) in [6.07, 6.45) is -4.19. The minimum Gasteiger partial charge on any atom is -0.406 e. The Labute approximate surface area is 198 Å². The first-order chi connectivity index (χ1) is 15.5. The predicted molar refractivity (Wildman–Crippen MR) is 118 cm³/mol. The van der Waals surface area contributed by atoms with Crippen molar-refractivity contribution in [2.24, 2.45) is 0 Å². The second-order valence-electron chi connectivity index (χ2n) is 7.50. The van der Waals surface area contributed by atoms with E-state index in [1.807, 2.05) is 6.07 Å². The highest BCUT2D eigenvalue weighted by Gasteiger charge is 2.31. The number of alkyl halides is 3. The number of likely N-dealkylation sites (tertiary alicyclic amines) is 1. The molecule has 0 spiro atoms. The summed E-state index contributed by atoms with van der Waals surface area (Å²) >= 11 is 12.1. The maximum Gasteiger partial charge on any atom is 0.573 e. The van der Waals surface area contributed by atoms with Crippen LogP contribution in [0.25, 0.3) is 0 Å². The van der Waals surface area contributed by atoms with Gasteiger partial charge in [0.2, 0.25) is 5.91 Å². The number of hydrogen-bond acceptors (Lipinski definition) is 5. The molecular weight excluding hydrogens is 484 g/mol. The van der Waals surface area contributed by atoms with Crippen LogP contribution in [0.5, 0.6) is 5.75 Å². The number of amides is 2. The van der Waals surface area contributed by atoms with Gasteiger partial charge in [-0.25, -0.2) is 0 Å². The van der Waals surface area contributed by atoms with E-state index in [4.69, 9.17) is 28.9 Å². The van der Waals surface area contributed by atoms with Crippen LogP contribution in [0.3, 0.4) is 0 Å². The van der Waals surface area contributed by atoms with Gasteiger partial charge in [-0.15, -0.1) is 13.2 Å². The summed E-state index contributed by atoms with van der Waals surface area (Å²) in [6.45, 7) is 1.60. The number of nitrogens with zero attached hydrogens (tertiary/aromatic N) is 1. The lowest BCUT2D eigenvalue weighted by Crippen LogP contribution is -2.43. The smallest absolute Gasteiger partial charge is 0.406 e. The van der Waals surface area contributed by atoms with E-state index in [-0.39, 0.29) is 23.8 Å². The first kappa shape index (κ1) is 24.9. The van der Waals surface area contributed by atoms with Gasteiger partial charge < -0.3 is 21.1 Å². The molecule has 1 fully saturated rings. The fraction of sp³-hybridized carbons (Fsp3) is 0.333. The molecule has 0 radical (unpaired) electrons. The van der Waals surface area contributed by atoms with Crippen LogP contribution in [-0.4, -0.2) is 48.8 Å². The second kappa shape index (κ2) is 10.5. The molecule has 2 aromatic carbocycles. The van der Waals surface area contributed by atoms with Gasteiger partial charge in [-0.05, 0) is 42.3 Å². The fourth-order valence-electron chi connectivity index (χ4n) is 3.45. The van der Waals surface area contributed by atoms with Crippen molar-refractivity contribution in [1.82, 2.24) is 15.5 Å². The summed E-state index contributed by atoms with van der Waals surface area (Å²) in [5, 5.41) is 6.31. The fourth-order valence-corrected chi connectivity index (χ4v) is 3.92. The van der Waals surface area contributed by atoms with Crippen molar-refractivity contribution in [1.29, 1.82) is 0 Å². The van der Waals surface area contributed by atoms with Crippen LogP contribution in [0.1, 0.15) is 22.3 Å². The van der Waals surface area contributed by atoms with Gasteiger partial charge in [0, 0.05) is 41.4 Å². The Morgan fingerprint density at radius 2 is 1.94 bits per heavy atom. The van der Waals surface area contributed by atoms with E-state index in [0.29, 0.717) is 29.6 Å². The lowest BCUT2D eigenvalue weighted by atomic mass is 10.1. The van der Waals surface area contributed by atoms with Crippen molar-refractivity contribution in [3.05, 3.63) is 57.6 Å². The highest BCUT2D eigenvalue weighted by Crippen LogP contribution is 2.26. The maximum absolute atomic E-state index is 12.4. The van der Waals surface area contributed by atoms with Crippen LogP contribution < -0.4 is 21.1 Å². The molecule has 7 nitrogen and oxygen atoms in total. The van der Waals surface area contributed by atoms with Crippen LogP contribution in [0, 0.1) is 0 Å². The number of halogens is 5. The topological polar surface area (TPSA) is 96.7 Å². The van der Waals surface area contributed by atoms with Gasteiger partial charge in [0.05, 0.1) is 12.1 Å². The van der Waals surface area contributed by atoms with Crippen LogP contribution in [0.15, 0.2) is 36.4 Å². The molecule has 33 heavy (non-hydrogen) atoms. The third kappa shape index (κ3) is 7.41. The number of nitrogens with two attached hydrogens (primary N) is 1. The van der Waals surface area contributed by atoms with Gasteiger partial charge >= 0.3 is 6.36 Å². The second-order valence-corrected chi connectivity index (χ2v) is 8.35. The summed E-state index contributed by atoms with van der Waals surface area (Å²) in [6, 6.07) is 8.16. The average Bonchev–Trinajstić information content (AvgIpc) is 3.15. The number of carbonyl (C=O) groups excluding carboxylic acids is 2. The summed E-state index contributed by atoms with van der Waals surface area (Å²) in [4.78, 5) is 26.7. The SMILES string of the molecule is Nc1ccc(OC(F)(F)F)cc1C(=O)NCC(=O)NC1CCN(Cc2ccc(Cl)cc2Cl)C1. The van der Waals surface area contributed by atoms with E-state index in [1.165, 1.54) is 0 Å². The van der Waals surface area contributed by atoms with Gasteiger partial charge in [-0.1, -0.05) is 29.3 Å². The van der Waals surface area contributed by atoms with Crippen molar-refractivity contribution in [2.75, 3.05) is 25.4 Å². The maximum atomic E-state index is 12.4. The number of nitrogen functional groups attached to an aromatic ring is 1. The zero-order valence-electron chi connectivity index (χ0n) is 17.2. The highest BCUT2D eigenvalue weighted by molar-refractivity contribution is 6.35. The Balaban J connectivity index is 1.48. The molecule has 12 heteroatoms. The van der Waals surface area contributed by atoms with E-state index in [9.17, 15) is 22.8 Å². The Morgan fingerprint density at radius 1 is 1.18 bits per heavy atom. The number of carbonyl (C=O) groups is 2. The predicted octanol–water partition coefficient (Wildman–Crippen LogP) is 3.59. The Hall–Kier alpha value is -2.69.